The Morgan fingerprint density at radius 1 is 0.522 bits per heavy atom. The van der Waals surface area contributed by atoms with Gasteiger partial charge in [-0.15, -0.1) is 0 Å². The molecule has 0 bridgehead atoms. The van der Waals surface area contributed by atoms with Crippen molar-refractivity contribution in [3.63, 3.8) is 0 Å². The summed E-state index contributed by atoms with van der Waals surface area (Å²) in [6.45, 7) is 5.24. The van der Waals surface area contributed by atoms with Crippen LogP contribution in [0, 0.1) is 0 Å². The average molecular weight is 643 g/mol. The van der Waals surface area contributed by atoms with Gasteiger partial charge in [0.15, 0.2) is 0 Å². The van der Waals surface area contributed by atoms with Crippen LogP contribution in [0.3, 0.4) is 0 Å². The second-order valence-electron chi connectivity index (χ2n) is 12.6. The number of carbonyl (C=O) groups excluding carboxylic acids is 1. The molecule has 0 spiro atoms. The van der Waals surface area contributed by atoms with Gasteiger partial charge in [0.25, 0.3) is 0 Å². The van der Waals surface area contributed by atoms with E-state index in [1.807, 2.05) is 0 Å². The first-order valence-electron chi connectivity index (χ1n) is 19.4. The van der Waals surface area contributed by atoms with Gasteiger partial charge >= 0.3 is 5.97 Å². The minimum Gasteiger partial charge on any atom is -0.457 e. The smallest absolute Gasteiger partial charge is 0.306 e. The van der Waals surface area contributed by atoms with Crippen LogP contribution in [-0.4, -0.2) is 37.0 Å². The molecule has 266 valence electrons. The number of esters is 1. The highest BCUT2D eigenvalue weighted by molar-refractivity contribution is 5.69. The standard InChI is InChI=1S/C42H74O4/c1-3-5-7-9-11-13-15-17-19-20-21-22-23-25-27-29-31-33-35-37-42(44)46-41(39-43)40-45-38-36-34-32-30-28-26-24-18-16-14-12-10-8-6-4-2/h10-13,16-19,21-22,41,43H,3-9,14-15,20,23-40H2,1-2H3/b12-10-,13-11-,18-16-,19-17-,22-21-. The first-order valence-corrected chi connectivity index (χ1v) is 19.4. The highest BCUT2D eigenvalue weighted by atomic mass is 16.6. The molecule has 0 aromatic heterocycles. The Balaban J connectivity index is 3.51. The van der Waals surface area contributed by atoms with Gasteiger partial charge in [0.05, 0.1) is 13.2 Å². The molecule has 4 heteroatoms. The maximum atomic E-state index is 12.2. The minimum absolute atomic E-state index is 0.184. The average Bonchev–Trinajstić information content (AvgIpc) is 3.06. The molecule has 1 atom stereocenters. The van der Waals surface area contributed by atoms with Gasteiger partial charge in [-0.05, 0) is 77.0 Å². The van der Waals surface area contributed by atoms with Crippen molar-refractivity contribution in [2.24, 2.45) is 0 Å². The number of hydrogen-bond donors (Lipinski definition) is 1. The Hall–Kier alpha value is -1.91. The molecule has 0 aromatic carbocycles. The molecule has 46 heavy (non-hydrogen) atoms. The molecule has 0 saturated heterocycles. The van der Waals surface area contributed by atoms with Gasteiger partial charge in [0.2, 0.25) is 0 Å². The van der Waals surface area contributed by atoms with Crippen molar-refractivity contribution >= 4 is 5.97 Å². The summed E-state index contributed by atoms with van der Waals surface area (Å²) >= 11 is 0. The van der Waals surface area contributed by atoms with Gasteiger partial charge in [0, 0.05) is 13.0 Å². The van der Waals surface area contributed by atoms with Gasteiger partial charge < -0.3 is 14.6 Å². The summed E-state index contributed by atoms with van der Waals surface area (Å²) in [7, 11) is 0. The molecular weight excluding hydrogens is 568 g/mol. The Kier molecular flexibility index (Phi) is 37.6. The number of unbranched alkanes of at least 4 members (excludes halogenated alkanes) is 17. The number of rotatable bonds is 35. The minimum atomic E-state index is -0.548. The molecule has 0 amide bonds. The zero-order chi connectivity index (χ0) is 33.4. The summed E-state index contributed by atoms with van der Waals surface area (Å²) in [5, 5.41) is 9.57. The number of hydrogen-bond acceptors (Lipinski definition) is 4. The third kappa shape index (κ3) is 36.6. The zero-order valence-corrected chi connectivity index (χ0v) is 30.3. The van der Waals surface area contributed by atoms with E-state index < -0.39 is 6.10 Å². The fourth-order valence-electron chi connectivity index (χ4n) is 5.11. The van der Waals surface area contributed by atoms with E-state index in [4.69, 9.17) is 9.47 Å². The van der Waals surface area contributed by atoms with Crippen LogP contribution < -0.4 is 0 Å². The lowest BCUT2D eigenvalue weighted by Crippen LogP contribution is -2.27. The van der Waals surface area contributed by atoms with E-state index in [0.717, 1.165) is 57.8 Å². The van der Waals surface area contributed by atoms with E-state index in [9.17, 15) is 9.90 Å². The van der Waals surface area contributed by atoms with Crippen LogP contribution in [0.2, 0.25) is 0 Å². The molecule has 0 aliphatic rings. The largest absolute Gasteiger partial charge is 0.457 e. The van der Waals surface area contributed by atoms with Gasteiger partial charge in [-0.1, -0.05) is 152 Å². The molecule has 0 aliphatic heterocycles. The van der Waals surface area contributed by atoms with E-state index >= 15 is 0 Å². The quantitative estimate of drug-likeness (QED) is 0.0424. The predicted molar refractivity (Wildman–Crippen MR) is 200 cm³/mol. The van der Waals surface area contributed by atoms with Crippen molar-refractivity contribution in [3.05, 3.63) is 60.8 Å². The van der Waals surface area contributed by atoms with Crippen LogP contribution in [0.5, 0.6) is 0 Å². The monoisotopic (exact) mass is 643 g/mol. The normalized spacial score (nSPS) is 13.0. The third-order valence-corrected chi connectivity index (χ3v) is 8.07. The molecule has 0 aromatic rings. The van der Waals surface area contributed by atoms with Crippen molar-refractivity contribution in [2.45, 2.75) is 180 Å². The number of ether oxygens (including phenoxy) is 2. The number of aliphatic hydroxyl groups excluding tert-OH is 1. The molecule has 1 unspecified atom stereocenters. The molecule has 0 aliphatic carbocycles. The summed E-state index contributed by atoms with van der Waals surface area (Å²) < 4.78 is 11.1. The highest BCUT2D eigenvalue weighted by Crippen LogP contribution is 2.11. The fraction of sp³-hybridized carbons (Fsp3) is 0.738. The first kappa shape index (κ1) is 44.1. The molecule has 0 radical (unpaired) electrons. The van der Waals surface area contributed by atoms with Crippen LogP contribution in [0.25, 0.3) is 0 Å². The van der Waals surface area contributed by atoms with Crippen molar-refractivity contribution in [1.82, 2.24) is 0 Å². The summed E-state index contributed by atoms with van der Waals surface area (Å²) in [4.78, 5) is 12.2. The number of allylic oxidation sites excluding steroid dienone is 10. The Bertz CT molecular complexity index is 764. The Morgan fingerprint density at radius 2 is 0.935 bits per heavy atom. The van der Waals surface area contributed by atoms with Crippen LogP contribution in [0.15, 0.2) is 60.8 Å². The van der Waals surface area contributed by atoms with Crippen molar-refractivity contribution in [1.29, 1.82) is 0 Å². The zero-order valence-electron chi connectivity index (χ0n) is 30.3. The number of aliphatic hydroxyl groups is 1. The second-order valence-corrected chi connectivity index (χ2v) is 12.6. The fourth-order valence-corrected chi connectivity index (χ4v) is 5.11. The molecular formula is C42H74O4. The van der Waals surface area contributed by atoms with Crippen LogP contribution >= 0.6 is 0 Å². The SMILES string of the molecule is CCCC/C=C\C/C=C\CCCCCCCCOCC(CO)OC(=O)CCCCCCCC/C=C\C/C=C\C/C=C\CCCCC. The summed E-state index contributed by atoms with van der Waals surface area (Å²) in [6, 6.07) is 0. The first-order chi connectivity index (χ1) is 22.7. The number of carbonyl (C=O) groups is 1. The maximum Gasteiger partial charge on any atom is 0.306 e. The van der Waals surface area contributed by atoms with Crippen LogP contribution in [-0.2, 0) is 14.3 Å². The van der Waals surface area contributed by atoms with Crippen LogP contribution in [0.1, 0.15) is 174 Å². The van der Waals surface area contributed by atoms with Crippen molar-refractivity contribution < 1.29 is 19.4 Å². The molecule has 0 rings (SSSR count). The van der Waals surface area contributed by atoms with Crippen LogP contribution in [0.4, 0.5) is 0 Å². The lowest BCUT2D eigenvalue weighted by Gasteiger charge is -2.15. The van der Waals surface area contributed by atoms with E-state index in [-0.39, 0.29) is 19.2 Å². The lowest BCUT2D eigenvalue weighted by molar-refractivity contribution is -0.154. The molecule has 0 heterocycles. The molecule has 4 nitrogen and oxygen atoms in total. The predicted octanol–water partition coefficient (Wildman–Crippen LogP) is 12.5. The summed E-state index contributed by atoms with van der Waals surface area (Å²) in [5.74, 6) is -0.219. The van der Waals surface area contributed by atoms with Gasteiger partial charge in [-0.25, -0.2) is 0 Å². The van der Waals surface area contributed by atoms with Crippen molar-refractivity contribution in [2.75, 3.05) is 19.8 Å². The van der Waals surface area contributed by atoms with E-state index in [2.05, 4.69) is 74.6 Å². The van der Waals surface area contributed by atoms with Crippen molar-refractivity contribution in [3.8, 4) is 0 Å². The van der Waals surface area contributed by atoms with E-state index in [1.54, 1.807) is 0 Å². The topological polar surface area (TPSA) is 55.8 Å². The third-order valence-electron chi connectivity index (χ3n) is 8.07. The highest BCUT2D eigenvalue weighted by Gasteiger charge is 2.13. The molecule has 1 N–H and O–H groups in total. The molecule has 0 fully saturated rings. The molecule has 0 saturated carbocycles. The summed E-state index contributed by atoms with van der Waals surface area (Å²) in [5.41, 5.74) is 0. The van der Waals surface area contributed by atoms with Gasteiger partial charge in [-0.2, -0.15) is 0 Å². The Morgan fingerprint density at radius 3 is 1.43 bits per heavy atom. The van der Waals surface area contributed by atoms with Gasteiger partial charge in [-0.3, -0.25) is 4.79 Å². The Labute approximate surface area is 285 Å². The maximum absolute atomic E-state index is 12.2. The van der Waals surface area contributed by atoms with E-state index in [1.165, 1.54) is 96.3 Å². The lowest BCUT2D eigenvalue weighted by atomic mass is 10.1. The van der Waals surface area contributed by atoms with Gasteiger partial charge in [0.1, 0.15) is 6.10 Å². The summed E-state index contributed by atoms with van der Waals surface area (Å²) in [6.07, 6.45) is 51.1. The second kappa shape index (κ2) is 39.3. The van der Waals surface area contributed by atoms with E-state index in [0.29, 0.717) is 13.0 Å².